The lowest BCUT2D eigenvalue weighted by molar-refractivity contribution is -0.139. The van der Waals surface area contributed by atoms with E-state index in [0.29, 0.717) is 32.1 Å². The van der Waals surface area contributed by atoms with E-state index < -0.39 is 74.7 Å². The number of ether oxygens (including phenoxy) is 2. The van der Waals surface area contributed by atoms with Crippen LogP contribution in [0.5, 0.6) is 0 Å². The van der Waals surface area contributed by atoms with Crippen LogP contribution in [0, 0.1) is 11.7 Å². The van der Waals surface area contributed by atoms with E-state index in [1.807, 2.05) is 19.1 Å². The lowest BCUT2D eigenvalue weighted by Gasteiger charge is -2.28. The third kappa shape index (κ3) is 12.9. The second kappa shape index (κ2) is 17.3. The minimum Gasteiger partial charge on any atom is -0.457 e. The molecule has 0 spiro atoms. The molecule has 1 aromatic carbocycles. The van der Waals surface area contributed by atoms with Gasteiger partial charge in [0, 0.05) is 17.9 Å². The van der Waals surface area contributed by atoms with E-state index in [4.69, 9.17) is 26.8 Å². The zero-order valence-corrected chi connectivity index (χ0v) is 29.8. The number of benzene rings is 1. The zero-order valence-electron chi connectivity index (χ0n) is 28.2. The molecule has 0 bridgehead atoms. The van der Waals surface area contributed by atoms with Gasteiger partial charge in [0.1, 0.15) is 29.6 Å². The second-order valence-electron chi connectivity index (χ2n) is 13.5. The van der Waals surface area contributed by atoms with Gasteiger partial charge in [0.25, 0.3) is 0 Å². The van der Waals surface area contributed by atoms with Crippen molar-refractivity contribution in [2.24, 2.45) is 11.7 Å². The molecule has 3 rings (SSSR count). The molecule has 0 aromatic heterocycles. The first-order valence-electron chi connectivity index (χ1n) is 16.3. The molecule has 2 fully saturated rings. The molecule has 272 valence electrons. The Balaban J connectivity index is 1.56. The fourth-order valence-electron chi connectivity index (χ4n) is 5.31. The average molecular weight is 729 g/mol. The summed E-state index contributed by atoms with van der Waals surface area (Å²) in [5.74, 6) is -4.01. The molecule has 4 amide bonds. The van der Waals surface area contributed by atoms with Gasteiger partial charge in [-0.15, -0.1) is 0 Å². The van der Waals surface area contributed by atoms with Gasteiger partial charge >= 0.3 is 12.1 Å². The van der Waals surface area contributed by atoms with Crippen LogP contribution < -0.4 is 15.8 Å². The lowest BCUT2D eigenvalue weighted by Crippen LogP contribution is -2.53. The van der Waals surface area contributed by atoms with Crippen molar-refractivity contribution < 1.29 is 46.3 Å². The van der Waals surface area contributed by atoms with Gasteiger partial charge in [-0.05, 0) is 77.0 Å². The number of esters is 1. The smallest absolute Gasteiger partial charge is 0.408 e. The average Bonchev–Trinajstić information content (AvgIpc) is 3.75. The summed E-state index contributed by atoms with van der Waals surface area (Å²) in [6, 6.07) is 1.25. The number of hydrogen-bond acceptors (Lipinski definition) is 9. The molecule has 1 saturated carbocycles. The number of sulfonamides is 1. The van der Waals surface area contributed by atoms with Crippen LogP contribution >= 0.6 is 11.6 Å². The molecule has 2 aliphatic rings. The van der Waals surface area contributed by atoms with Gasteiger partial charge in [-0.1, -0.05) is 43.5 Å². The third-order valence-electron chi connectivity index (χ3n) is 7.84. The van der Waals surface area contributed by atoms with Crippen LogP contribution in [0.3, 0.4) is 0 Å². The number of nitrogens with one attached hydrogen (secondary N) is 2. The van der Waals surface area contributed by atoms with Gasteiger partial charge in [-0.2, -0.15) is 0 Å². The Morgan fingerprint density at radius 2 is 1.84 bits per heavy atom. The number of carbonyl (C=O) groups excluding carboxylic acids is 5. The molecular weight excluding hydrogens is 683 g/mol. The Morgan fingerprint density at radius 1 is 1.14 bits per heavy atom. The summed E-state index contributed by atoms with van der Waals surface area (Å²) in [5, 5.41) is 2.22. The highest BCUT2D eigenvalue weighted by Gasteiger charge is 2.43. The highest BCUT2D eigenvalue weighted by molar-refractivity contribution is 7.90. The van der Waals surface area contributed by atoms with Crippen LogP contribution in [0.15, 0.2) is 30.4 Å². The number of hydrogen-bond donors (Lipinski definition) is 3. The number of halogens is 2. The predicted molar refractivity (Wildman–Crippen MR) is 179 cm³/mol. The largest absolute Gasteiger partial charge is 0.457 e. The Hall–Kier alpha value is -3.72. The van der Waals surface area contributed by atoms with Crippen LogP contribution in [0.25, 0.3) is 0 Å². The molecule has 1 aliphatic carbocycles. The van der Waals surface area contributed by atoms with E-state index in [9.17, 15) is 36.8 Å². The van der Waals surface area contributed by atoms with Crippen molar-refractivity contribution in [3.63, 3.8) is 0 Å². The predicted octanol–water partition coefficient (Wildman–Crippen LogP) is 4.13. The van der Waals surface area contributed by atoms with E-state index in [-0.39, 0.29) is 42.3 Å². The summed E-state index contributed by atoms with van der Waals surface area (Å²) < 4.78 is 51.1. The van der Waals surface area contributed by atoms with Gasteiger partial charge in [0.15, 0.2) is 0 Å². The van der Waals surface area contributed by atoms with E-state index in [1.54, 1.807) is 20.8 Å². The molecule has 13 nitrogen and oxygen atoms in total. The van der Waals surface area contributed by atoms with Gasteiger partial charge < -0.3 is 25.4 Å². The summed E-state index contributed by atoms with van der Waals surface area (Å²) in [4.78, 5) is 64.7. The molecule has 0 unspecified atom stereocenters. The molecule has 1 saturated heterocycles. The lowest BCUT2D eigenvalue weighted by atomic mass is 10.0. The number of rotatable bonds is 16. The maximum atomic E-state index is 14.3. The number of unbranched alkanes of at least 4 members (excludes halogenated alkanes) is 3. The van der Waals surface area contributed by atoms with E-state index in [2.05, 4.69) is 10.0 Å². The van der Waals surface area contributed by atoms with Crippen LogP contribution in [0.1, 0.15) is 95.8 Å². The van der Waals surface area contributed by atoms with E-state index in [1.165, 1.54) is 12.1 Å². The molecule has 1 aromatic rings. The molecule has 0 radical (unpaired) electrons. The fraction of sp³-hybridized carbons (Fsp3) is 0.606. The Bertz CT molecular complexity index is 1530. The Labute approximate surface area is 291 Å². The quantitative estimate of drug-likeness (QED) is 0.128. The Morgan fingerprint density at radius 3 is 2.45 bits per heavy atom. The number of amides is 4. The summed E-state index contributed by atoms with van der Waals surface area (Å²) in [6.45, 7) is 6.63. The first kappa shape index (κ1) is 39.7. The zero-order chi connectivity index (χ0) is 36.5. The highest BCUT2D eigenvalue weighted by Crippen LogP contribution is 2.28. The second-order valence-corrected chi connectivity index (χ2v) is 15.9. The third-order valence-corrected chi connectivity index (χ3v) is 9.94. The SMILES string of the molecule is C[C@@H](/C=C\CCCCC[C@H](NC(=O)OC(C)(C)C)C(=O)N1C[C@H](OC(=O)c2ccc(Cl)cc2F)C[C@H]1C(N)=O)CC(=O)NS(=O)(=O)C1CC1. The van der Waals surface area contributed by atoms with Gasteiger partial charge in [0.2, 0.25) is 27.7 Å². The number of nitrogens with zero attached hydrogens (tertiary/aromatic N) is 1. The van der Waals surface area contributed by atoms with Crippen LogP contribution in [0.4, 0.5) is 9.18 Å². The monoisotopic (exact) mass is 728 g/mol. The van der Waals surface area contributed by atoms with Gasteiger partial charge in [-0.25, -0.2) is 22.4 Å². The maximum absolute atomic E-state index is 14.3. The Kier molecular flexibility index (Phi) is 14.0. The van der Waals surface area contributed by atoms with E-state index in [0.717, 1.165) is 17.4 Å². The van der Waals surface area contributed by atoms with Gasteiger partial charge in [0.05, 0.1) is 17.4 Å². The van der Waals surface area contributed by atoms with Crippen LogP contribution in [-0.2, 0) is 33.9 Å². The van der Waals surface area contributed by atoms with E-state index >= 15 is 0 Å². The number of primary amides is 1. The maximum Gasteiger partial charge on any atom is 0.408 e. The highest BCUT2D eigenvalue weighted by atomic mass is 35.5. The number of allylic oxidation sites excluding steroid dienone is 2. The van der Waals surface area contributed by atoms with Crippen molar-refractivity contribution in [1.82, 2.24) is 14.9 Å². The van der Waals surface area contributed by atoms with Crippen molar-refractivity contribution in [2.45, 2.75) is 115 Å². The number of alkyl carbamates (subject to hydrolysis) is 1. The van der Waals surface area contributed by atoms with Gasteiger partial charge in [-0.3, -0.25) is 19.1 Å². The minimum atomic E-state index is -3.57. The normalized spacial score (nSPS) is 19.3. The van der Waals surface area contributed by atoms with Crippen LogP contribution in [0.2, 0.25) is 5.02 Å². The van der Waals surface area contributed by atoms with Crippen molar-refractivity contribution in [1.29, 1.82) is 0 Å². The number of carbonyl (C=O) groups is 5. The topological polar surface area (TPSA) is 191 Å². The molecular formula is C33H46ClFN4O9S. The first-order chi connectivity index (χ1) is 22.9. The minimum absolute atomic E-state index is 0.0451. The molecule has 49 heavy (non-hydrogen) atoms. The summed E-state index contributed by atoms with van der Waals surface area (Å²) in [5.41, 5.74) is 4.40. The number of likely N-dealkylation sites (tertiary alicyclic amines) is 1. The molecule has 4 N–H and O–H groups in total. The molecule has 16 heteroatoms. The standard InChI is InChI=1S/C33H46ClFN4O9S/c1-20(16-28(40)38-49(45,46)23-13-14-23)10-8-6-5-7-9-11-26(37-32(44)48-33(2,3)4)30(42)39-19-22(18-27(39)29(36)41)47-31(43)24-15-12-21(34)17-25(24)35/h8,10,12,15,17,20,22-23,26-27H,5-7,9,11,13-14,16,18-19H2,1-4H3,(H2,36,41)(H,37,44)(H,38,40)/b10-8-/t20-,22+,26-,27-/m0/s1. The molecule has 1 heterocycles. The molecule has 4 atom stereocenters. The fourth-order valence-corrected chi connectivity index (χ4v) is 6.79. The number of nitrogens with two attached hydrogens (primary N) is 1. The molecule has 1 aliphatic heterocycles. The summed E-state index contributed by atoms with van der Waals surface area (Å²) in [7, 11) is -3.57. The van der Waals surface area contributed by atoms with Crippen molar-refractivity contribution in [2.75, 3.05) is 6.54 Å². The summed E-state index contributed by atoms with van der Waals surface area (Å²) in [6.07, 6.45) is 5.84. The summed E-state index contributed by atoms with van der Waals surface area (Å²) >= 11 is 5.76. The van der Waals surface area contributed by atoms with Crippen molar-refractivity contribution in [3.8, 4) is 0 Å². The van der Waals surface area contributed by atoms with Crippen molar-refractivity contribution >= 4 is 51.4 Å². The van der Waals surface area contributed by atoms with Crippen molar-refractivity contribution in [3.05, 3.63) is 46.8 Å². The van der Waals surface area contributed by atoms with Crippen LogP contribution in [-0.4, -0.2) is 78.7 Å². The first-order valence-corrected chi connectivity index (χ1v) is 18.2.